The first-order valence-corrected chi connectivity index (χ1v) is 7.66. The van der Waals surface area contributed by atoms with E-state index >= 15 is 0 Å². The number of amides is 2. The van der Waals surface area contributed by atoms with Gasteiger partial charge in [-0.3, -0.25) is 14.5 Å². The third-order valence-corrected chi connectivity index (χ3v) is 3.28. The average Bonchev–Trinajstić information content (AvgIpc) is 2.36. The fourth-order valence-electron chi connectivity index (χ4n) is 2.37. The molecular formula is C15H26N2O5. The topological polar surface area (TPSA) is 95.9 Å². The first-order valence-electron chi connectivity index (χ1n) is 7.66. The highest BCUT2D eigenvalue weighted by molar-refractivity contribution is 5.85. The van der Waals surface area contributed by atoms with Crippen LogP contribution >= 0.6 is 0 Å². The van der Waals surface area contributed by atoms with Gasteiger partial charge in [-0.2, -0.15) is 0 Å². The van der Waals surface area contributed by atoms with Crippen molar-refractivity contribution in [3.8, 4) is 0 Å². The van der Waals surface area contributed by atoms with Gasteiger partial charge < -0.3 is 15.2 Å². The second kappa shape index (κ2) is 8.00. The van der Waals surface area contributed by atoms with Gasteiger partial charge in [-0.25, -0.2) is 4.79 Å². The molecule has 126 valence electrons. The minimum absolute atomic E-state index is 0.117. The van der Waals surface area contributed by atoms with E-state index in [1.807, 2.05) is 0 Å². The Morgan fingerprint density at radius 3 is 2.23 bits per heavy atom. The van der Waals surface area contributed by atoms with Gasteiger partial charge in [-0.1, -0.05) is 19.3 Å². The smallest absolute Gasteiger partial charge is 0.411 e. The highest BCUT2D eigenvalue weighted by Gasteiger charge is 2.26. The lowest BCUT2D eigenvalue weighted by Crippen LogP contribution is -2.47. The number of carbonyl (C=O) groups is 3. The van der Waals surface area contributed by atoms with Gasteiger partial charge in [0.2, 0.25) is 5.91 Å². The number of nitrogens with zero attached hydrogens (tertiary/aromatic N) is 1. The Bertz CT molecular complexity index is 411. The lowest BCUT2D eigenvalue weighted by atomic mass is 9.95. The molecule has 1 fully saturated rings. The molecule has 0 spiro atoms. The molecule has 0 unspecified atom stereocenters. The zero-order chi connectivity index (χ0) is 16.8. The summed E-state index contributed by atoms with van der Waals surface area (Å²) < 4.78 is 5.14. The van der Waals surface area contributed by atoms with Crippen molar-refractivity contribution in [2.45, 2.75) is 64.5 Å². The van der Waals surface area contributed by atoms with Crippen LogP contribution < -0.4 is 5.32 Å². The SMILES string of the molecule is CC(C)(C)OC(=O)N(CC(=O)O)CC(=O)NC1CCCCC1. The molecule has 0 atom stereocenters. The minimum atomic E-state index is -1.18. The Kier molecular flexibility index (Phi) is 6.64. The maximum absolute atomic E-state index is 12.0. The van der Waals surface area contributed by atoms with E-state index in [2.05, 4.69) is 5.32 Å². The molecule has 0 aromatic heterocycles. The largest absolute Gasteiger partial charge is 0.480 e. The van der Waals surface area contributed by atoms with Crippen LogP contribution in [0.4, 0.5) is 4.79 Å². The van der Waals surface area contributed by atoms with Crippen molar-refractivity contribution >= 4 is 18.0 Å². The van der Waals surface area contributed by atoms with Crippen LogP contribution in [0.25, 0.3) is 0 Å². The maximum atomic E-state index is 12.0. The number of carbonyl (C=O) groups excluding carboxylic acids is 2. The molecule has 0 aliphatic heterocycles. The van der Waals surface area contributed by atoms with Gasteiger partial charge in [0.15, 0.2) is 0 Å². The number of carboxylic acids is 1. The molecule has 1 saturated carbocycles. The summed E-state index contributed by atoms with van der Waals surface area (Å²) in [5.74, 6) is -1.53. The molecule has 1 aliphatic carbocycles. The summed E-state index contributed by atoms with van der Waals surface area (Å²) in [6, 6.07) is 0.117. The predicted molar refractivity (Wildman–Crippen MR) is 80.5 cm³/mol. The number of rotatable bonds is 5. The molecule has 0 radical (unpaired) electrons. The Morgan fingerprint density at radius 1 is 1.14 bits per heavy atom. The van der Waals surface area contributed by atoms with E-state index in [9.17, 15) is 14.4 Å². The quantitative estimate of drug-likeness (QED) is 0.806. The van der Waals surface area contributed by atoms with Crippen LogP contribution in [0.5, 0.6) is 0 Å². The molecule has 2 N–H and O–H groups in total. The molecule has 0 saturated heterocycles. The molecule has 0 aromatic rings. The normalized spacial score (nSPS) is 16.0. The number of nitrogens with one attached hydrogen (secondary N) is 1. The van der Waals surface area contributed by atoms with Crippen LogP contribution in [0.15, 0.2) is 0 Å². The fraction of sp³-hybridized carbons (Fsp3) is 0.800. The van der Waals surface area contributed by atoms with E-state index in [0.29, 0.717) is 0 Å². The summed E-state index contributed by atoms with van der Waals surface area (Å²) in [6.07, 6.45) is 4.39. The second-order valence-corrected chi connectivity index (χ2v) is 6.63. The predicted octanol–water partition coefficient (Wildman–Crippen LogP) is 1.76. The first-order chi connectivity index (χ1) is 10.2. The third kappa shape index (κ3) is 7.28. The second-order valence-electron chi connectivity index (χ2n) is 6.63. The monoisotopic (exact) mass is 314 g/mol. The number of ether oxygens (including phenoxy) is 1. The van der Waals surface area contributed by atoms with Crippen LogP contribution in [0.1, 0.15) is 52.9 Å². The summed E-state index contributed by atoms with van der Waals surface area (Å²) in [7, 11) is 0. The zero-order valence-electron chi connectivity index (χ0n) is 13.6. The first kappa shape index (κ1) is 18.3. The van der Waals surface area contributed by atoms with Gasteiger partial charge in [0.05, 0.1) is 0 Å². The van der Waals surface area contributed by atoms with Crippen LogP contribution in [-0.4, -0.2) is 52.7 Å². The van der Waals surface area contributed by atoms with E-state index in [-0.39, 0.29) is 18.5 Å². The molecule has 1 rings (SSSR count). The van der Waals surface area contributed by atoms with Crippen molar-refractivity contribution in [1.29, 1.82) is 0 Å². The van der Waals surface area contributed by atoms with Crippen LogP contribution in [0.3, 0.4) is 0 Å². The van der Waals surface area contributed by atoms with Crippen molar-refractivity contribution in [1.82, 2.24) is 10.2 Å². The number of hydrogen-bond acceptors (Lipinski definition) is 4. The standard InChI is InChI=1S/C15H26N2O5/c1-15(2,3)22-14(21)17(10-13(19)20)9-12(18)16-11-7-5-4-6-8-11/h11H,4-10H2,1-3H3,(H,16,18)(H,19,20). The van der Waals surface area contributed by atoms with Gasteiger partial charge >= 0.3 is 12.1 Å². The highest BCUT2D eigenvalue weighted by Crippen LogP contribution is 2.17. The van der Waals surface area contributed by atoms with E-state index in [1.165, 1.54) is 6.42 Å². The molecular weight excluding hydrogens is 288 g/mol. The molecule has 7 heteroatoms. The third-order valence-electron chi connectivity index (χ3n) is 3.28. The van der Waals surface area contributed by atoms with E-state index in [4.69, 9.17) is 9.84 Å². The van der Waals surface area contributed by atoms with Gasteiger partial charge in [-0.05, 0) is 33.6 Å². The molecule has 22 heavy (non-hydrogen) atoms. The summed E-state index contributed by atoms with van der Waals surface area (Å²) >= 11 is 0. The average molecular weight is 314 g/mol. The molecule has 0 heterocycles. The lowest BCUT2D eigenvalue weighted by molar-refractivity contribution is -0.138. The summed E-state index contributed by atoms with van der Waals surface area (Å²) in [5.41, 5.74) is -0.742. The van der Waals surface area contributed by atoms with Gasteiger partial charge in [-0.15, -0.1) is 0 Å². The highest BCUT2D eigenvalue weighted by atomic mass is 16.6. The van der Waals surface area contributed by atoms with Gasteiger partial charge in [0.1, 0.15) is 18.7 Å². The van der Waals surface area contributed by atoms with Gasteiger partial charge in [0, 0.05) is 6.04 Å². The molecule has 7 nitrogen and oxygen atoms in total. The number of aliphatic carboxylic acids is 1. The van der Waals surface area contributed by atoms with E-state index in [0.717, 1.165) is 30.6 Å². The molecule has 0 bridgehead atoms. The fourth-order valence-corrected chi connectivity index (χ4v) is 2.37. The minimum Gasteiger partial charge on any atom is -0.480 e. The summed E-state index contributed by atoms with van der Waals surface area (Å²) in [6.45, 7) is 4.19. The maximum Gasteiger partial charge on any atom is 0.411 e. The van der Waals surface area contributed by atoms with E-state index in [1.54, 1.807) is 20.8 Å². The Labute approximate surface area is 131 Å². The number of hydrogen-bond donors (Lipinski definition) is 2. The van der Waals surface area contributed by atoms with Gasteiger partial charge in [0.25, 0.3) is 0 Å². The Balaban J connectivity index is 2.57. The Morgan fingerprint density at radius 2 is 1.73 bits per heavy atom. The van der Waals surface area contributed by atoms with Crippen molar-refractivity contribution in [3.05, 3.63) is 0 Å². The van der Waals surface area contributed by atoms with Crippen LogP contribution in [0, 0.1) is 0 Å². The van der Waals surface area contributed by atoms with Crippen molar-refractivity contribution < 1.29 is 24.2 Å². The van der Waals surface area contributed by atoms with Crippen LogP contribution in [-0.2, 0) is 14.3 Å². The van der Waals surface area contributed by atoms with Crippen molar-refractivity contribution in [2.75, 3.05) is 13.1 Å². The molecule has 0 aromatic carbocycles. The van der Waals surface area contributed by atoms with Crippen molar-refractivity contribution in [3.63, 3.8) is 0 Å². The zero-order valence-corrected chi connectivity index (χ0v) is 13.6. The summed E-state index contributed by atoms with van der Waals surface area (Å²) in [5, 5.41) is 11.7. The molecule has 1 aliphatic rings. The molecule has 2 amide bonds. The summed E-state index contributed by atoms with van der Waals surface area (Å²) in [4.78, 5) is 35.8. The lowest BCUT2D eigenvalue weighted by Gasteiger charge is -2.27. The number of carboxylic acid groups (broad SMARTS) is 1. The van der Waals surface area contributed by atoms with E-state index < -0.39 is 24.2 Å². The van der Waals surface area contributed by atoms with Crippen molar-refractivity contribution in [2.24, 2.45) is 0 Å². The Hall–Kier alpha value is -1.79. The van der Waals surface area contributed by atoms with Crippen LogP contribution in [0.2, 0.25) is 0 Å².